The zero-order chi connectivity index (χ0) is 16.8. The number of imidazole rings is 1. The number of amides is 1. The van der Waals surface area contributed by atoms with Gasteiger partial charge in [0.1, 0.15) is 0 Å². The van der Waals surface area contributed by atoms with Crippen LogP contribution in [0.5, 0.6) is 0 Å². The molecular formula is C16H16ClN5O2. The second kappa shape index (κ2) is 7.74. The molecule has 0 aliphatic rings. The quantitative estimate of drug-likeness (QED) is 0.685. The summed E-state index contributed by atoms with van der Waals surface area (Å²) in [7, 11) is 0. The number of H-pyrrole nitrogens is 1. The number of aromatic nitrogens is 4. The summed E-state index contributed by atoms with van der Waals surface area (Å²) in [6.45, 7) is 0.551. The van der Waals surface area contributed by atoms with E-state index in [0.29, 0.717) is 41.7 Å². The Morgan fingerprint density at radius 1 is 1.29 bits per heavy atom. The van der Waals surface area contributed by atoms with E-state index in [1.807, 2.05) is 18.2 Å². The zero-order valence-electron chi connectivity index (χ0n) is 12.8. The van der Waals surface area contributed by atoms with Gasteiger partial charge in [-0.05, 0) is 12.1 Å². The predicted molar refractivity (Wildman–Crippen MR) is 88.4 cm³/mol. The molecule has 0 unspecified atom stereocenters. The Hall–Kier alpha value is -2.67. The van der Waals surface area contributed by atoms with Gasteiger partial charge in [-0.1, -0.05) is 28.9 Å². The summed E-state index contributed by atoms with van der Waals surface area (Å²) in [6, 6.07) is 7.27. The Morgan fingerprint density at radius 3 is 2.96 bits per heavy atom. The van der Waals surface area contributed by atoms with Crippen molar-refractivity contribution in [1.29, 1.82) is 0 Å². The molecule has 124 valence electrons. The number of aromatic amines is 1. The van der Waals surface area contributed by atoms with Crippen molar-refractivity contribution in [3.8, 4) is 11.4 Å². The van der Waals surface area contributed by atoms with E-state index in [1.165, 1.54) is 0 Å². The van der Waals surface area contributed by atoms with Crippen molar-refractivity contribution in [3.05, 3.63) is 53.4 Å². The second-order valence-corrected chi connectivity index (χ2v) is 5.58. The number of nitrogens with zero attached hydrogens (tertiary/aromatic N) is 3. The van der Waals surface area contributed by atoms with Gasteiger partial charge < -0.3 is 14.8 Å². The van der Waals surface area contributed by atoms with E-state index in [9.17, 15) is 4.79 Å². The van der Waals surface area contributed by atoms with Crippen LogP contribution in [0.4, 0.5) is 0 Å². The SMILES string of the molecule is O=C(CCc1nc(-c2ccccc2Cl)no1)NCCc1cnc[nH]1. The number of carbonyl (C=O) groups is 1. The number of hydrogen-bond acceptors (Lipinski definition) is 5. The molecule has 0 atom stereocenters. The molecule has 1 aromatic carbocycles. The predicted octanol–water partition coefficient (Wildman–Crippen LogP) is 2.40. The molecule has 0 fully saturated rings. The first kappa shape index (κ1) is 16.2. The third kappa shape index (κ3) is 4.20. The summed E-state index contributed by atoms with van der Waals surface area (Å²) < 4.78 is 5.17. The monoisotopic (exact) mass is 345 g/mol. The van der Waals surface area contributed by atoms with Gasteiger partial charge in [0.2, 0.25) is 17.6 Å². The first-order valence-electron chi connectivity index (χ1n) is 7.54. The molecule has 0 aliphatic heterocycles. The summed E-state index contributed by atoms with van der Waals surface area (Å²) >= 11 is 6.10. The number of halogens is 1. The molecule has 2 aromatic heterocycles. The minimum Gasteiger partial charge on any atom is -0.356 e. The highest BCUT2D eigenvalue weighted by Crippen LogP contribution is 2.24. The van der Waals surface area contributed by atoms with Crippen molar-refractivity contribution in [2.75, 3.05) is 6.54 Å². The molecule has 7 nitrogen and oxygen atoms in total. The summed E-state index contributed by atoms with van der Waals surface area (Å²) in [5, 5.41) is 7.31. The molecular weight excluding hydrogens is 330 g/mol. The van der Waals surface area contributed by atoms with E-state index < -0.39 is 0 Å². The summed E-state index contributed by atoms with van der Waals surface area (Å²) in [6.07, 6.45) is 4.73. The van der Waals surface area contributed by atoms with Gasteiger partial charge >= 0.3 is 0 Å². The average molecular weight is 346 g/mol. The molecule has 0 spiro atoms. The molecule has 8 heteroatoms. The van der Waals surface area contributed by atoms with E-state index in [0.717, 1.165) is 5.69 Å². The molecule has 0 saturated heterocycles. The third-order valence-electron chi connectivity index (χ3n) is 3.42. The molecule has 0 aliphatic carbocycles. The first-order chi connectivity index (χ1) is 11.7. The summed E-state index contributed by atoms with van der Waals surface area (Å²) in [5.41, 5.74) is 1.69. The topological polar surface area (TPSA) is 96.7 Å². The Balaban J connectivity index is 1.47. The molecule has 3 aromatic rings. The molecule has 2 N–H and O–H groups in total. The number of hydrogen-bond donors (Lipinski definition) is 2. The van der Waals surface area contributed by atoms with Crippen LogP contribution in [0.1, 0.15) is 18.0 Å². The Morgan fingerprint density at radius 2 is 2.17 bits per heavy atom. The first-order valence-corrected chi connectivity index (χ1v) is 7.91. The number of aryl methyl sites for hydroxylation is 1. The van der Waals surface area contributed by atoms with Crippen LogP contribution in [0.3, 0.4) is 0 Å². The molecule has 0 saturated carbocycles. The highest BCUT2D eigenvalue weighted by molar-refractivity contribution is 6.33. The molecule has 24 heavy (non-hydrogen) atoms. The molecule has 3 rings (SSSR count). The van der Waals surface area contributed by atoms with Gasteiger partial charge in [-0.15, -0.1) is 0 Å². The lowest BCUT2D eigenvalue weighted by atomic mass is 10.2. The van der Waals surface area contributed by atoms with E-state index in [1.54, 1.807) is 18.6 Å². The Labute approximate surface area is 143 Å². The maximum absolute atomic E-state index is 11.8. The van der Waals surface area contributed by atoms with E-state index in [4.69, 9.17) is 16.1 Å². The van der Waals surface area contributed by atoms with Crippen molar-refractivity contribution >= 4 is 17.5 Å². The van der Waals surface area contributed by atoms with Gasteiger partial charge in [0.25, 0.3) is 0 Å². The van der Waals surface area contributed by atoms with Crippen LogP contribution in [-0.2, 0) is 17.6 Å². The Kier molecular flexibility index (Phi) is 5.22. The van der Waals surface area contributed by atoms with Gasteiger partial charge in [0.15, 0.2) is 0 Å². The number of rotatable bonds is 7. The number of benzene rings is 1. The van der Waals surface area contributed by atoms with Crippen LogP contribution in [0, 0.1) is 0 Å². The van der Waals surface area contributed by atoms with Gasteiger partial charge in [-0.2, -0.15) is 4.98 Å². The largest absolute Gasteiger partial charge is 0.356 e. The van der Waals surface area contributed by atoms with Crippen LogP contribution in [0.2, 0.25) is 5.02 Å². The lowest BCUT2D eigenvalue weighted by Gasteiger charge is -2.02. The fourth-order valence-electron chi connectivity index (χ4n) is 2.18. The lowest BCUT2D eigenvalue weighted by Crippen LogP contribution is -2.25. The van der Waals surface area contributed by atoms with Crippen molar-refractivity contribution in [2.45, 2.75) is 19.3 Å². The smallest absolute Gasteiger partial charge is 0.227 e. The van der Waals surface area contributed by atoms with E-state index in [-0.39, 0.29) is 12.3 Å². The molecule has 0 bridgehead atoms. The Bertz CT molecular complexity index is 800. The minimum absolute atomic E-state index is 0.0630. The van der Waals surface area contributed by atoms with Gasteiger partial charge in [-0.3, -0.25) is 4.79 Å². The highest BCUT2D eigenvalue weighted by Gasteiger charge is 2.12. The maximum Gasteiger partial charge on any atom is 0.227 e. The molecule has 1 amide bonds. The average Bonchev–Trinajstić information content (AvgIpc) is 3.25. The van der Waals surface area contributed by atoms with Crippen LogP contribution in [-0.4, -0.2) is 32.6 Å². The van der Waals surface area contributed by atoms with Gasteiger partial charge in [0.05, 0.1) is 11.3 Å². The summed E-state index contributed by atoms with van der Waals surface area (Å²) in [5.74, 6) is 0.774. The molecule has 0 radical (unpaired) electrons. The van der Waals surface area contributed by atoms with Crippen molar-refractivity contribution in [3.63, 3.8) is 0 Å². The van der Waals surface area contributed by atoms with Crippen LogP contribution in [0.15, 0.2) is 41.3 Å². The van der Waals surface area contributed by atoms with Crippen molar-refractivity contribution in [2.24, 2.45) is 0 Å². The van der Waals surface area contributed by atoms with Crippen LogP contribution in [0.25, 0.3) is 11.4 Å². The van der Waals surface area contributed by atoms with Crippen molar-refractivity contribution < 1.29 is 9.32 Å². The van der Waals surface area contributed by atoms with Gasteiger partial charge in [-0.25, -0.2) is 4.98 Å². The van der Waals surface area contributed by atoms with Crippen molar-refractivity contribution in [1.82, 2.24) is 25.4 Å². The number of carbonyl (C=O) groups excluding carboxylic acids is 1. The highest BCUT2D eigenvalue weighted by atomic mass is 35.5. The number of nitrogens with one attached hydrogen (secondary N) is 2. The fraction of sp³-hybridized carbons (Fsp3) is 0.250. The van der Waals surface area contributed by atoms with Gasteiger partial charge in [0, 0.05) is 43.3 Å². The molecule has 2 heterocycles. The van der Waals surface area contributed by atoms with E-state index in [2.05, 4.69) is 25.4 Å². The minimum atomic E-state index is -0.0630. The van der Waals surface area contributed by atoms with Crippen LogP contribution < -0.4 is 5.32 Å². The van der Waals surface area contributed by atoms with E-state index >= 15 is 0 Å². The fourth-order valence-corrected chi connectivity index (χ4v) is 2.40. The summed E-state index contributed by atoms with van der Waals surface area (Å²) in [4.78, 5) is 23.0. The standard InChI is InChI=1S/C16H16ClN5O2/c17-13-4-2-1-3-12(13)16-21-15(24-22-16)6-5-14(23)19-8-7-11-9-18-10-20-11/h1-4,9-10H,5-8H2,(H,18,20)(H,19,23). The lowest BCUT2D eigenvalue weighted by molar-refractivity contribution is -0.121. The zero-order valence-corrected chi connectivity index (χ0v) is 13.6. The van der Waals surface area contributed by atoms with Crippen LogP contribution >= 0.6 is 11.6 Å². The normalized spacial score (nSPS) is 10.7. The maximum atomic E-state index is 11.8. The third-order valence-corrected chi connectivity index (χ3v) is 3.75. The second-order valence-electron chi connectivity index (χ2n) is 5.17.